The van der Waals surface area contributed by atoms with E-state index in [0.29, 0.717) is 6.54 Å². The van der Waals surface area contributed by atoms with Crippen LogP contribution in [-0.4, -0.2) is 35.5 Å². The topological polar surface area (TPSA) is 52.6 Å². The minimum Gasteiger partial charge on any atom is -0.508 e. The third-order valence-electron chi connectivity index (χ3n) is 2.89. The number of nitrogens with one attached hydrogen (secondary N) is 1. The van der Waals surface area contributed by atoms with Crippen molar-refractivity contribution in [2.75, 3.05) is 13.6 Å². The Morgan fingerprint density at radius 1 is 1.56 bits per heavy atom. The molecular weight excluding hydrogens is 204 g/mol. The van der Waals surface area contributed by atoms with Crippen LogP contribution in [0.15, 0.2) is 24.3 Å². The zero-order chi connectivity index (χ0) is 11.5. The molecule has 4 heteroatoms. The Kier molecular flexibility index (Phi) is 3.10. The highest BCUT2D eigenvalue weighted by Crippen LogP contribution is 2.13. The van der Waals surface area contributed by atoms with Crippen molar-refractivity contribution in [2.24, 2.45) is 0 Å². The fraction of sp³-hybridized carbons (Fsp3) is 0.417. The van der Waals surface area contributed by atoms with Gasteiger partial charge in [-0.2, -0.15) is 0 Å². The van der Waals surface area contributed by atoms with E-state index in [-0.39, 0.29) is 17.7 Å². The third-order valence-corrected chi connectivity index (χ3v) is 2.89. The first-order valence-electron chi connectivity index (χ1n) is 5.43. The van der Waals surface area contributed by atoms with E-state index in [4.69, 9.17) is 0 Å². The lowest BCUT2D eigenvalue weighted by atomic mass is 10.2. The summed E-state index contributed by atoms with van der Waals surface area (Å²) in [5, 5.41) is 12.5. The van der Waals surface area contributed by atoms with E-state index in [1.807, 2.05) is 13.1 Å². The fourth-order valence-corrected chi connectivity index (χ4v) is 1.92. The Hall–Kier alpha value is -1.55. The van der Waals surface area contributed by atoms with Crippen molar-refractivity contribution >= 4 is 5.91 Å². The van der Waals surface area contributed by atoms with Gasteiger partial charge in [0.05, 0.1) is 6.04 Å². The van der Waals surface area contributed by atoms with Gasteiger partial charge in [-0.15, -0.1) is 0 Å². The number of rotatable bonds is 3. The molecule has 0 spiro atoms. The number of nitrogens with zero attached hydrogens (tertiary/aromatic N) is 1. The first-order chi connectivity index (χ1) is 7.66. The highest BCUT2D eigenvalue weighted by molar-refractivity contribution is 5.83. The maximum atomic E-state index is 11.6. The molecule has 1 unspecified atom stereocenters. The summed E-state index contributed by atoms with van der Waals surface area (Å²) >= 11 is 0. The molecular formula is C12H16N2O2. The number of phenols is 1. The van der Waals surface area contributed by atoms with E-state index in [2.05, 4.69) is 5.32 Å². The molecule has 1 aliphatic heterocycles. The summed E-state index contributed by atoms with van der Waals surface area (Å²) in [4.78, 5) is 13.3. The first-order valence-corrected chi connectivity index (χ1v) is 5.43. The second kappa shape index (κ2) is 4.53. The number of likely N-dealkylation sites (tertiary alicyclic amines) is 1. The molecule has 0 bridgehead atoms. The van der Waals surface area contributed by atoms with Gasteiger partial charge >= 0.3 is 0 Å². The number of carbonyl (C=O) groups is 1. The lowest BCUT2D eigenvalue weighted by Gasteiger charge is -2.12. The van der Waals surface area contributed by atoms with Gasteiger partial charge in [-0.3, -0.25) is 4.79 Å². The third kappa shape index (κ3) is 2.33. The number of benzene rings is 1. The van der Waals surface area contributed by atoms with Crippen molar-refractivity contribution in [2.45, 2.75) is 19.0 Å². The summed E-state index contributed by atoms with van der Waals surface area (Å²) in [6, 6.07) is 6.99. The van der Waals surface area contributed by atoms with Gasteiger partial charge in [-0.05, 0) is 24.1 Å². The van der Waals surface area contributed by atoms with Crippen molar-refractivity contribution in [1.29, 1.82) is 0 Å². The minimum absolute atomic E-state index is 0.0765. The van der Waals surface area contributed by atoms with E-state index >= 15 is 0 Å². The molecule has 0 saturated carbocycles. The highest BCUT2D eigenvalue weighted by Gasteiger charge is 2.28. The SMILES string of the molecule is CN1CCC(NCc2cccc(O)c2)C1=O. The van der Waals surface area contributed by atoms with Crippen LogP contribution in [0.4, 0.5) is 0 Å². The largest absolute Gasteiger partial charge is 0.508 e. The molecule has 1 saturated heterocycles. The normalized spacial score (nSPS) is 20.4. The van der Waals surface area contributed by atoms with Crippen LogP contribution in [0, 0.1) is 0 Å². The Bertz CT molecular complexity index is 392. The quantitative estimate of drug-likeness (QED) is 0.789. The average Bonchev–Trinajstić information content (AvgIpc) is 2.57. The van der Waals surface area contributed by atoms with Gasteiger partial charge < -0.3 is 15.3 Å². The minimum atomic E-state index is -0.0765. The summed E-state index contributed by atoms with van der Waals surface area (Å²) < 4.78 is 0. The number of amides is 1. The lowest BCUT2D eigenvalue weighted by molar-refractivity contribution is -0.128. The smallest absolute Gasteiger partial charge is 0.239 e. The molecule has 1 fully saturated rings. The van der Waals surface area contributed by atoms with Crippen molar-refractivity contribution in [3.8, 4) is 5.75 Å². The molecule has 1 amide bonds. The summed E-state index contributed by atoms with van der Waals surface area (Å²) in [5.74, 6) is 0.411. The second-order valence-electron chi connectivity index (χ2n) is 4.15. The second-order valence-corrected chi connectivity index (χ2v) is 4.15. The molecule has 1 heterocycles. The Morgan fingerprint density at radius 2 is 2.38 bits per heavy atom. The van der Waals surface area contributed by atoms with Gasteiger partial charge in [0.25, 0.3) is 0 Å². The Labute approximate surface area is 94.9 Å². The summed E-state index contributed by atoms with van der Waals surface area (Å²) in [7, 11) is 1.82. The number of hydrogen-bond acceptors (Lipinski definition) is 3. The number of likely N-dealkylation sites (N-methyl/N-ethyl adjacent to an activating group) is 1. The molecule has 0 aromatic heterocycles. The molecule has 1 aliphatic rings. The highest BCUT2D eigenvalue weighted by atomic mass is 16.3. The van der Waals surface area contributed by atoms with Crippen LogP contribution in [-0.2, 0) is 11.3 Å². The van der Waals surface area contributed by atoms with Crippen molar-refractivity contribution < 1.29 is 9.90 Å². The standard InChI is InChI=1S/C12H16N2O2/c1-14-6-5-11(12(14)16)13-8-9-3-2-4-10(15)7-9/h2-4,7,11,13,15H,5-6,8H2,1H3. The number of phenolic OH excluding ortho intramolecular Hbond substituents is 1. The van der Waals surface area contributed by atoms with Gasteiger partial charge in [0.15, 0.2) is 0 Å². The molecule has 16 heavy (non-hydrogen) atoms. The zero-order valence-corrected chi connectivity index (χ0v) is 9.31. The van der Waals surface area contributed by atoms with Crippen LogP contribution in [0.3, 0.4) is 0 Å². The van der Waals surface area contributed by atoms with E-state index < -0.39 is 0 Å². The lowest BCUT2D eigenvalue weighted by Crippen LogP contribution is -2.36. The Balaban J connectivity index is 1.90. The average molecular weight is 220 g/mol. The molecule has 0 radical (unpaired) electrons. The van der Waals surface area contributed by atoms with Crippen molar-refractivity contribution in [1.82, 2.24) is 10.2 Å². The zero-order valence-electron chi connectivity index (χ0n) is 9.31. The summed E-state index contributed by atoms with van der Waals surface area (Å²) in [5.41, 5.74) is 0.988. The molecule has 86 valence electrons. The van der Waals surface area contributed by atoms with Crippen LogP contribution in [0.25, 0.3) is 0 Å². The molecule has 1 aromatic rings. The van der Waals surface area contributed by atoms with Gasteiger partial charge in [-0.1, -0.05) is 12.1 Å². The molecule has 4 nitrogen and oxygen atoms in total. The van der Waals surface area contributed by atoms with Crippen LogP contribution < -0.4 is 5.32 Å². The van der Waals surface area contributed by atoms with E-state index in [9.17, 15) is 9.90 Å². The Morgan fingerprint density at radius 3 is 3.00 bits per heavy atom. The maximum absolute atomic E-state index is 11.6. The van der Waals surface area contributed by atoms with Crippen molar-refractivity contribution in [3.05, 3.63) is 29.8 Å². The number of aromatic hydroxyl groups is 1. The van der Waals surface area contributed by atoms with Gasteiger partial charge in [-0.25, -0.2) is 0 Å². The fourth-order valence-electron chi connectivity index (χ4n) is 1.92. The van der Waals surface area contributed by atoms with Crippen LogP contribution >= 0.6 is 0 Å². The predicted molar refractivity (Wildman–Crippen MR) is 61.0 cm³/mol. The maximum Gasteiger partial charge on any atom is 0.239 e. The van der Waals surface area contributed by atoms with E-state index in [1.54, 1.807) is 23.1 Å². The predicted octanol–water partition coefficient (Wildman–Crippen LogP) is 0.712. The molecule has 2 rings (SSSR count). The van der Waals surface area contributed by atoms with Crippen LogP contribution in [0.5, 0.6) is 5.75 Å². The number of carbonyl (C=O) groups excluding carboxylic acids is 1. The van der Waals surface area contributed by atoms with Crippen molar-refractivity contribution in [3.63, 3.8) is 0 Å². The van der Waals surface area contributed by atoms with Gasteiger partial charge in [0, 0.05) is 20.1 Å². The number of hydrogen-bond donors (Lipinski definition) is 2. The first kappa shape index (κ1) is 11.0. The van der Waals surface area contributed by atoms with Crippen LogP contribution in [0.2, 0.25) is 0 Å². The van der Waals surface area contributed by atoms with E-state index in [0.717, 1.165) is 18.5 Å². The van der Waals surface area contributed by atoms with Crippen LogP contribution in [0.1, 0.15) is 12.0 Å². The molecule has 2 N–H and O–H groups in total. The molecule has 0 aliphatic carbocycles. The summed E-state index contributed by atoms with van der Waals surface area (Å²) in [6.45, 7) is 1.43. The molecule has 1 aromatic carbocycles. The monoisotopic (exact) mass is 220 g/mol. The molecule has 1 atom stereocenters. The van der Waals surface area contributed by atoms with Gasteiger partial charge in [0.2, 0.25) is 5.91 Å². The summed E-state index contributed by atoms with van der Waals surface area (Å²) in [6.07, 6.45) is 0.855. The van der Waals surface area contributed by atoms with Gasteiger partial charge in [0.1, 0.15) is 5.75 Å². The van der Waals surface area contributed by atoms with E-state index in [1.165, 1.54) is 0 Å².